The van der Waals surface area contributed by atoms with Crippen LogP contribution in [0, 0.1) is 12.3 Å². The molecule has 0 radical (unpaired) electrons. The molecule has 1 amide bonds. The van der Waals surface area contributed by atoms with Gasteiger partial charge < -0.3 is 9.84 Å². The molecule has 0 unspecified atom stereocenters. The van der Waals surface area contributed by atoms with Gasteiger partial charge in [-0.1, -0.05) is 25.6 Å². The van der Waals surface area contributed by atoms with Gasteiger partial charge in [-0.05, 0) is 13.0 Å². The summed E-state index contributed by atoms with van der Waals surface area (Å²) in [6.45, 7) is 8.92. The summed E-state index contributed by atoms with van der Waals surface area (Å²) in [4.78, 5) is 13.4. The maximum atomic E-state index is 12.0. The molecule has 0 bridgehead atoms. The Morgan fingerprint density at radius 2 is 2.17 bits per heavy atom. The van der Waals surface area contributed by atoms with E-state index in [9.17, 15) is 9.90 Å². The summed E-state index contributed by atoms with van der Waals surface area (Å²) in [6, 6.07) is 0.310. The number of ether oxygens (including phenoxy) is 1. The van der Waals surface area contributed by atoms with Crippen LogP contribution in [0.5, 0.6) is 0 Å². The van der Waals surface area contributed by atoms with E-state index in [-0.39, 0.29) is 12.1 Å². The molecule has 1 heterocycles. The summed E-state index contributed by atoms with van der Waals surface area (Å²) >= 11 is 0. The van der Waals surface area contributed by atoms with E-state index in [2.05, 4.69) is 25.6 Å². The smallest absolute Gasteiger partial charge is 0.411 e. The van der Waals surface area contributed by atoms with Gasteiger partial charge in [0.25, 0.3) is 0 Å². The Labute approximate surface area is 110 Å². The van der Waals surface area contributed by atoms with Gasteiger partial charge in [0, 0.05) is 14.5 Å². The van der Waals surface area contributed by atoms with Gasteiger partial charge in [0.15, 0.2) is 0 Å². The molecule has 4 nitrogen and oxygen atoms in total. The second-order valence-corrected chi connectivity index (χ2v) is 11.7. The van der Waals surface area contributed by atoms with Crippen LogP contribution in [0.15, 0.2) is 0 Å². The first-order valence-electron chi connectivity index (χ1n) is 6.35. The molecular weight excluding hydrogens is 246 g/mol. The fraction of sp³-hybridized carbons (Fsp3) is 0.769. The van der Waals surface area contributed by atoms with Crippen molar-refractivity contribution in [1.29, 1.82) is 0 Å². The van der Waals surface area contributed by atoms with E-state index in [0.29, 0.717) is 13.0 Å². The van der Waals surface area contributed by atoms with Crippen LogP contribution < -0.4 is 0 Å². The maximum absolute atomic E-state index is 12.0. The van der Waals surface area contributed by atoms with E-state index in [0.717, 1.165) is 6.04 Å². The number of aliphatic hydroxyl groups excluding tert-OH is 1. The Bertz CT molecular complexity index is 345. The molecule has 0 aromatic carbocycles. The quantitative estimate of drug-likeness (QED) is 0.629. The molecule has 0 aromatic rings. The van der Waals surface area contributed by atoms with Crippen LogP contribution in [-0.4, -0.2) is 49.0 Å². The lowest BCUT2D eigenvalue weighted by Crippen LogP contribution is -2.42. The van der Waals surface area contributed by atoms with Crippen LogP contribution in [0.1, 0.15) is 13.3 Å². The molecule has 3 atom stereocenters. The lowest BCUT2D eigenvalue weighted by Gasteiger charge is -2.25. The maximum Gasteiger partial charge on any atom is 0.411 e. The SMILES string of the molecule is C#C[C@H]1C[C@H](O)[C@@H](C)N1C(=O)OCC[Si](C)(C)C. The van der Waals surface area contributed by atoms with Gasteiger partial charge in [0.05, 0.1) is 24.8 Å². The molecule has 102 valence electrons. The summed E-state index contributed by atoms with van der Waals surface area (Å²) in [6.07, 6.45) is 4.85. The number of carbonyl (C=O) groups is 1. The Kier molecular flexibility index (Phi) is 4.82. The number of rotatable bonds is 3. The number of amides is 1. The summed E-state index contributed by atoms with van der Waals surface area (Å²) < 4.78 is 5.27. The number of hydrogen-bond donors (Lipinski definition) is 1. The van der Waals surface area contributed by atoms with Crippen molar-refractivity contribution >= 4 is 14.2 Å². The summed E-state index contributed by atoms with van der Waals surface area (Å²) in [5, 5.41) is 9.74. The first-order valence-corrected chi connectivity index (χ1v) is 10.1. The molecule has 1 aliphatic heterocycles. The molecule has 1 aliphatic rings. The van der Waals surface area contributed by atoms with Gasteiger partial charge in [-0.3, -0.25) is 4.90 Å². The van der Waals surface area contributed by atoms with Gasteiger partial charge >= 0.3 is 6.09 Å². The van der Waals surface area contributed by atoms with E-state index >= 15 is 0 Å². The Morgan fingerprint density at radius 3 is 2.67 bits per heavy atom. The highest BCUT2D eigenvalue weighted by Crippen LogP contribution is 2.25. The Morgan fingerprint density at radius 1 is 1.56 bits per heavy atom. The van der Waals surface area contributed by atoms with Gasteiger partial charge in [0.1, 0.15) is 0 Å². The van der Waals surface area contributed by atoms with Crippen molar-refractivity contribution in [3.05, 3.63) is 0 Å². The third-order valence-electron chi connectivity index (χ3n) is 3.28. The number of hydrogen-bond acceptors (Lipinski definition) is 3. The Hall–Kier alpha value is -0.993. The molecule has 1 fully saturated rings. The van der Waals surface area contributed by atoms with Crippen LogP contribution in [-0.2, 0) is 4.74 Å². The molecule has 0 saturated carbocycles. The van der Waals surface area contributed by atoms with Crippen molar-refractivity contribution in [2.24, 2.45) is 0 Å². The first-order chi connectivity index (χ1) is 8.26. The fourth-order valence-electron chi connectivity index (χ4n) is 1.97. The molecule has 0 aromatic heterocycles. The van der Waals surface area contributed by atoms with Crippen molar-refractivity contribution < 1.29 is 14.6 Å². The van der Waals surface area contributed by atoms with E-state index in [1.165, 1.54) is 4.90 Å². The number of nitrogens with zero attached hydrogens (tertiary/aromatic N) is 1. The van der Waals surface area contributed by atoms with E-state index in [4.69, 9.17) is 11.2 Å². The van der Waals surface area contributed by atoms with Crippen LogP contribution in [0.2, 0.25) is 25.7 Å². The highest BCUT2D eigenvalue weighted by atomic mass is 28.3. The third kappa shape index (κ3) is 3.75. The normalized spacial score (nSPS) is 28.0. The van der Waals surface area contributed by atoms with Gasteiger partial charge in [-0.2, -0.15) is 0 Å². The lowest BCUT2D eigenvalue weighted by molar-refractivity contribution is 0.0801. The van der Waals surface area contributed by atoms with E-state index in [1.807, 2.05) is 0 Å². The molecular formula is C13H23NO3Si. The van der Waals surface area contributed by atoms with E-state index < -0.39 is 20.3 Å². The predicted molar refractivity (Wildman–Crippen MR) is 74.0 cm³/mol. The summed E-state index contributed by atoms with van der Waals surface area (Å²) in [7, 11) is -1.20. The standard InChI is InChI=1S/C13H23NO3Si/c1-6-11-9-12(15)10(2)14(11)13(16)17-7-8-18(3,4)5/h1,10-12,15H,7-9H2,2-5H3/t10-,11+,12+/m1/s1. The van der Waals surface area contributed by atoms with Crippen LogP contribution >= 0.6 is 0 Å². The molecule has 1 saturated heterocycles. The number of terminal acetylenes is 1. The molecule has 5 heteroatoms. The molecule has 0 aliphatic carbocycles. The average Bonchev–Trinajstić information content (AvgIpc) is 2.53. The Balaban J connectivity index is 2.53. The highest BCUT2D eigenvalue weighted by molar-refractivity contribution is 6.76. The molecule has 18 heavy (non-hydrogen) atoms. The van der Waals surface area contributed by atoms with Crippen molar-refractivity contribution in [1.82, 2.24) is 4.90 Å². The molecule has 1 N–H and O–H groups in total. The van der Waals surface area contributed by atoms with Gasteiger partial charge in [-0.25, -0.2) is 4.79 Å². The lowest BCUT2D eigenvalue weighted by atomic mass is 10.2. The second-order valence-electron chi connectivity index (χ2n) is 6.06. The van der Waals surface area contributed by atoms with Crippen molar-refractivity contribution in [3.63, 3.8) is 0 Å². The largest absolute Gasteiger partial charge is 0.450 e. The van der Waals surface area contributed by atoms with Crippen molar-refractivity contribution in [3.8, 4) is 12.3 Å². The highest BCUT2D eigenvalue weighted by Gasteiger charge is 2.40. The topological polar surface area (TPSA) is 49.8 Å². The minimum Gasteiger partial charge on any atom is -0.450 e. The van der Waals surface area contributed by atoms with E-state index in [1.54, 1.807) is 6.92 Å². The third-order valence-corrected chi connectivity index (χ3v) is 4.98. The molecule has 1 rings (SSSR count). The van der Waals surface area contributed by atoms with Crippen LogP contribution in [0.3, 0.4) is 0 Å². The number of carbonyl (C=O) groups excluding carboxylic acids is 1. The average molecular weight is 269 g/mol. The van der Waals surface area contributed by atoms with Gasteiger partial charge in [-0.15, -0.1) is 6.42 Å². The molecule has 0 spiro atoms. The number of likely N-dealkylation sites (tertiary alicyclic amines) is 1. The monoisotopic (exact) mass is 269 g/mol. The zero-order valence-electron chi connectivity index (χ0n) is 11.6. The zero-order chi connectivity index (χ0) is 13.9. The van der Waals surface area contributed by atoms with Crippen LogP contribution in [0.4, 0.5) is 4.79 Å². The first kappa shape index (κ1) is 15.1. The second kappa shape index (κ2) is 5.76. The van der Waals surface area contributed by atoms with Crippen LogP contribution in [0.25, 0.3) is 0 Å². The predicted octanol–water partition coefficient (Wildman–Crippen LogP) is 1.92. The minimum absolute atomic E-state index is 0.273. The number of aliphatic hydroxyl groups is 1. The summed E-state index contributed by atoms with van der Waals surface area (Å²) in [5.41, 5.74) is 0. The summed E-state index contributed by atoms with van der Waals surface area (Å²) in [5.74, 6) is 2.54. The van der Waals surface area contributed by atoms with Crippen molar-refractivity contribution in [2.75, 3.05) is 6.61 Å². The minimum atomic E-state index is -1.20. The van der Waals surface area contributed by atoms with Crippen molar-refractivity contribution in [2.45, 2.75) is 57.2 Å². The van der Waals surface area contributed by atoms with Gasteiger partial charge in [0.2, 0.25) is 0 Å². The fourth-order valence-corrected chi connectivity index (χ4v) is 2.68. The zero-order valence-corrected chi connectivity index (χ0v) is 12.6.